The molecule has 0 aromatic heterocycles. The van der Waals surface area contributed by atoms with Crippen LogP contribution in [0.4, 0.5) is 0 Å². The molecule has 2 aromatic carbocycles. The highest BCUT2D eigenvalue weighted by Gasteiger charge is 2.18. The summed E-state index contributed by atoms with van der Waals surface area (Å²) in [7, 11) is 3.61. The predicted octanol–water partition coefficient (Wildman–Crippen LogP) is 5.15. The Bertz CT molecular complexity index is 754. The van der Waals surface area contributed by atoms with E-state index in [0.29, 0.717) is 11.3 Å². The largest absolute Gasteiger partial charge is 0.507 e. The number of rotatable bonds is 4. The molecule has 0 aliphatic carbocycles. The number of benzene rings is 2. The highest BCUT2D eigenvalue weighted by atomic mass is 35.5. The molecule has 5 heteroatoms. The van der Waals surface area contributed by atoms with Gasteiger partial charge in [-0.25, -0.2) is 0 Å². The molecular weight excluding hydrogens is 336 g/mol. The van der Waals surface area contributed by atoms with E-state index in [1.165, 1.54) is 12.1 Å². The van der Waals surface area contributed by atoms with Gasteiger partial charge in [0, 0.05) is 31.3 Å². The molecule has 0 bridgehead atoms. The Kier molecular flexibility index (Phi) is 8.02. The van der Waals surface area contributed by atoms with Crippen molar-refractivity contribution in [3.8, 4) is 11.5 Å². The first-order valence-corrected chi connectivity index (χ1v) is 8.51. The highest BCUT2D eigenvalue weighted by Crippen LogP contribution is 2.34. The summed E-state index contributed by atoms with van der Waals surface area (Å²) in [5.74, 6) is -0.248. The second-order valence-electron chi connectivity index (χ2n) is 5.18. The molecule has 4 nitrogen and oxygen atoms in total. The Morgan fingerprint density at radius 2 is 1.64 bits per heavy atom. The molecular formula is C20H25ClN2O2. The molecule has 0 atom stereocenters. The zero-order chi connectivity index (χ0) is 19.0. The molecule has 134 valence electrons. The zero-order valence-electron chi connectivity index (χ0n) is 15.3. The molecule has 0 fully saturated rings. The van der Waals surface area contributed by atoms with Gasteiger partial charge in [0.05, 0.1) is 5.02 Å². The van der Waals surface area contributed by atoms with E-state index in [2.05, 4.69) is 5.10 Å². The number of phenolic OH excluding ortho intramolecular Hbond substituents is 2. The molecule has 2 N–H and O–H groups in total. The Hall–Kier alpha value is -2.46. The molecule has 0 aliphatic rings. The van der Waals surface area contributed by atoms with E-state index in [1.54, 1.807) is 19.1 Å². The van der Waals surface area contributed by atoms with Crippen molar-refractivity contribution >= 4 is 22.9 Å². The lowest BCUT2D eigenvalue weighted by atomic mass is 9.95. The van der Waals surface area contributed by atoms with Gasteiger partial charge >= 0.3 is 0 Å². The standard InChI is InChI=1S/C18H19ClN2O2.C2H6/c1-4-13(12-8-6-5-7-9-12)18(20-21(2)3)14-10-15(19)17(23)11-16(14)22;1-2/h4-11,22-23H,1-3H3;1-2H3/b13-4+,20-18+;. The summed E-state index contributed by atoms with van der Waals surface area (Å²) in [5.41, 5.74) is 2.86. The summed E-state index contributed by atoms with van der Waals surface area (Å²) in [5, 5.41) is 26.2. The molecule has 25 heavy (non-hydrogen) atoms. The summed E-state index contributed by atoms with van der Waals surface area (Å²) >= 11 is 6.01. The first kappa shape index (κ1) is 20.6. The fraction of sp³-hybridized carbons (Fsp3) is 0.250. The summed E-state index contributed by atoms with van der Waals surface area (Å²) in [4.78, 5) is 0. The molecule has 2 aromatic rings. The van der Waals surface area contributed by atoms with Crippen LogP contribution in [0.2, 0.25) is 5.02 Å². The number of nitrogens with zero attached hydrogens (tertiary/aromatic N) is 2. The predicted molar refractivity (Wildman–Crippen MR) is 106 cm³/mol. The summed E-state index contributed by atoms with van der Waals surface area (Å²) in [6, 6.07) is 12.5. The van der Waals surface area contributed by atoms with E-state index < -0.39 is 0 Å². The van der Waals surface area contributed by atoms with Gasteiger partial charge in [-0.2, -0.15) is 5.10 Å². The van der Waals surface area contributed by atoms with Gasteiger partial charge in [-0.05, 0) is 18.6 Å². The average Bonchev–Trinajstić information content (AvgIpc) is 2.60. The van der Waals surface area contributed by atoms with Gasteiger partial charge in [0.1, 0.15) is 17.2 Å². The maximum atomic E-state index is 10.2. The van der Waals surface area contributed by atoms with Crippen molar-refractivity contribution < 1.29 is 10.2 Å². The van der Waals surface area contributed by atoms with Crippen LogP contribution in [0, 0.1) is 0 Å². The third-order valence-corrected chi connectivity index (χ3v) is 3.55. The Morgan fingerprint density at radius 3 is 2.16 bits per heavy atom. The normalized spacial score (nSPS) is 11.6. The van der Waals surface area contributed by atoms with Crippen LogP contribution in [0.15, 0.2) is 53.6 Å². The molecule has 0 spiro atoms. The average molecular weight is 361 g/mol. The molecule has 0 unspecified atom stereocenters. The number of aromatic hydroxyl groups is 2. The highest BCUT2D eigenvalue weighted by molar-refractivity contribution is 6.35. The van der Waals surface area contributed by atoms with E-state index in [9.17, 15) is 10.2 Å². The lowest BCUT2D eigenvalue weighted by molar-refractivity contribution is 0.436. The molecule has 0 saturated carbocycles. The van der Waals surface area contributed by atoms with E-state index in [-0.39, 0.29) is 16.5 Å². The summed E-state index contributed by atoms with van der Waals surface area (Å²) in [6.45, 7) is 5.91. The van der Waals surface area contributed by atoms with Gasteiger partial charge in [0.25, 0.3) is 0 Å². The van der Waals surface area contributed by atoms with Gasteiger partial charge in [-0.1, -0.05) is 61.9 Å². The number of phenols is 2. The van der Waals surface area contributed by atoms with Crippen LogP contribution in [0.25, 0.3) is 5.57 Å². The Morgan fingerprint density at radius 1 is 1.04 bits per heavy atom. The van der Waals surface area contributed by atoms with Crippen molar-refractivity contribution in [2.75, 3.05) is 14.1 Å². The minimum Gasteiger partial charge on any atom is -0.507 e. The first-order valence-electron chi connectivity index (χ1n) is 8.14. The molecule has 0 radical (unpaired) electrons. The minimum atomic E-state index is -0.168. The SMILES string of the molecule is C/C=C(/C(=N\N(C)C)c1cc(Cl)c(O)cc1O)c1ccccc1.CC. The smallest absolute Gasteiger partial charge is 0.137 e. The number of hydrogen-bond acceptors (Lipinski definition) is 4. The number of hydrogen-bond donors (Lipinski definition) is 2. The van der Waals surface area contributed by atoms with Gasteiger partial charge in [-0.3, -0.25) is 0 Å². The van der Waals surface area contributed by atoms with E-state index in [4.69, 9.17) is 11.6 Å². The number of allylic oxidation sites excluding steroid dienone is 2. The van der Waals surface area contributed by atoms with Crippen molar-refractivity contribution in [1.82, 2.24) is 5.01 Å². The molecule has 2 rings (SSSR count). The van der Waals surface area contributed by atoms with Crippen molar-refractivity contribution in [3.05, 3.63) is 64.7 Å². The van der Waals surface area contributed by atoms with Gasteiger partial charge in [-0.15, -0.1) is 0 Å². The second-order valence-corrected chi connectivity index (χ2v) is 5.59. The van der Waals surface area contributed by atoms with Crippen molar-refractivity contribution in [1.29, 1.82) is 0 Å². The molecule has 0 aliphatic heterocycles. The van der Waals surface area contributed by atoms with Crippen LogP contribution in [0.3, 0.4) is 0 Å². The zero-order valence-corrected chi connectivity index (χ0v) is 16.0. The van der Waals surface area contributed by atoms with Gasteiger partial charge < -0.3 is 15.2 Å². The Labute approximate surface area is 154 Å². The third kappa shape index (κ3) is 5.26. The lowest BCUT2D eigenvalue weighted by Crippen LogP contribution is -2.12. The van der Waals surface area contributed by atoms with Gasteiger partial charge in [0.2, 0.25) is 0 Å². The summed E-state index contributed by atoms with van der Waals surface area (Å²) in [6.07, 6.45) is 1.93. The number of halogens is 1. The van der Waals surface area contributed by atoms with Crippen LogP contribution < -0.4 is 0 Å². The van der Waals surface area contributed by atoms with Crippen LogP contribution >= 0.6 is 11.6 Å². The van der Waals surface area contributed by atoms with Crippen LogP contribution in [0.1, 0.15) is 31.9 Å². The maximum absolute atomic E-state index is 10.2. The van der Waals surface area contributed by atoms with Crippen LogP contribution in [0.5, 0.6) is 11.5 Å². The fourth-order valence-corrected chi connectivity index (χ4v) is 2.41. The topological polar surface area (TPSA) is 56.1 Å². The van der Waals surface area contributed by atoms with E-state index >= 15 is 0 Å². The molecule has 0 saturated heterocycles. The van der Waals surface area contributed by atoms with E-state index in [0.717, 1.165) is 11.1 Å². The first-order chi connectivity index (χ1) is 11.9. The van der Waals surface area contributed by atoms with Crippen LogP contribution in [-0.2, 0) is 0 Å². The lowest BCUT2D eigenvalue weighted by Gasteiger charge is -2.16. The van der Waals surface area contributed by atoms with Gasteiger partial charge in [0.15, 0.2) is 0 Å². The fourth-order valence-electron chi connectivity index (χ4n) is 2.25. The van der Waals surface area contributed by atoms with E-state index in [1.807, 2.05) is 57.2 Å². The Balaban J connectivity index is 0.00000151. The van der Waals surface area contributed by atoms with Crippen LogP contribution in [-0.4, -0.2) is 35.0 Å². The summed E-state index contributed by atoms with van der Waals surface area (Å²) < 4.78 is 0. The van der Waals surface area contributed by atoms with Crippen molar-refractivity contribution in [2.45, 2.75) is 20.8 Å². The number of hydrazone groups is 1. The van der Waals surface area contributed by atoms with Crippen molar-refractivity contribution in [2.24, 2.45) is 5.10 Å². The molecule has 0 amide bonds. The second kappa shape index (κ2) is 9.74. The molecule has 0 heterocycles. The third-order valence-electron chi connectivity index (χ3n) is 3.25. The minimum absolute atomic E-state index is 0.0808. The van der Waals surface area contributed by atoms with Crippen molar-refractivity contribution in [3.63, 3.8) is 0 Å². The monoisotopic (exact) mass is 360 g/mol. The maximum Gasteiger partial charge on any atom is 0.137 e. The quantitative estimate of drug-likeness (QED) is 0.585.